The lowest BCUT2D eigenvalue weighted by molar-refractivity contribution is -0.115. The largest absolute Gasteiger partial charge is 0.359 e. The van der Waals surface area contributed by atoms with E-state index in [0.29, 0.717) is 22.3 Å². The Morgan fingerprint density at radius 3 is 2.67 bits per heavy atom. The molecule has 1 heterocycles. The highest BCUT2D eigenvalue weighted by molar-refractivity contribution is 7.99. The van der Waals surface area contributed by atoms with E-state index < -0.39 is 5.76 Å². The van der Waals surface area contributed by atoms with Gasteiger partial charge in [-0.2, -0.15) is 8.78 Å². The van der Waals surface area contributed by atoms with Crippen LogP contribution in [-0.2, 0) is 11.2 Å². The number of para-hydroxylation sites is 1. The van der Waals surface area contributed by atoms with Crippen LogP contribution in [0.5, 0.6) is 0 Å². The highest BCUT2D eigenvalue weighted by Gasteiger charge is 2.26. The van der Waals surface area contributed by atoms with E-state index in [2.05, 4.69) is 23.2 Å². The molecule has 1 N–H and O–H groups in total. The van der Waals surface area contributed by atoms with Crippen LogP contribution in [0.15, 0.2) is 53.4 Å². The van der Waals surface area contributed by atoms with E-state index in [1.807, 2.05) is 18.2 Å². The molecule has 0 fully saturated rings. The quantitative estimate of drug-likeness (QED) is 0.814. The summed E-state index contributed by atoms with van der Waals surface area (Å²) in [5.74, 6) is -2.56. The molecule has 0 bridgehead atoms. The number of nitrogens with zero attached hydrogens (tertiary/aromatic N) is 1. The van der Waals surface area contributed by atoms with Crippen LogP contribution >= 0.6 is 11.8 Å². The molecule has 0 saturated heterocycles. The van der Waals surface area contributed by atoms with E-state index in [9.17, 15) is 13.6 Å². The number of hydrogen-bond acceptors (Lipinski definition) is 3. The van der Waals surface area contributed by atoms with E-state index in [4.69, 9.17) is 0 Å². The van der Waals surface area contributed by atoms with E-state index in [-0.39, 0.29) is 18.5 Å². The number of alkyl halides is 2. The Hall–Kier alpha value is -2.08. The average Bonchev–Trinajstić information content (AvgIpc) is 2.85. The van der Waals surface area contributed by atoms with Crippen molar-refractivity contribution in [3.63, 3.8) is 0 Å². The first-order chi connectivity index (χ1) is 11.5. The van der Waals surface area contributed by atoms with Crippen LogP contribution < -0.4 is 10.2 Å². The molecule has 0 aliphatic carbocycles. The van der Waals surface area contributed by atoms with E-state index in [0.717, 1.165) is 12.1 Å². The Kier molecular flexibility index (Phi) is 5.04. The third-order valence-corrected chi connectivity index (χ3v) is 4.75. The first-order valence-corrected chi connectivity index (χ1v) is 8.60. The zero-order chi connectivity index (χ0) is 17.1. The third-order valence-electron chi connectivity index (χ3n) is 4.03. The molecule has 2 aromatic carbocycles. The molecule has 0 spiro atoms. The van der Waals surface area contributed by atoms with Gasteiger partial charge in [-0.15, -0.1) is 0 Å². The molecule has 3 nitrogen and oxygen atoms in total. The van der Waals surface area contributed by atoms with E-state index in [1.165, 1.54) is 5.56 Å². The summed E-state index contributed by atoms with van der Waals surface area (Å²) in [6.45, 7) is 2.37. The minimum atomic E-state index is -2.44. The number of amides is 1. The summed E-state index contributed by atoms with van der Waals surface area (Å²) in [6.07, 6.45) is 0.934. The minimum Gasteiger partial charge on any atom is -0.359 e. The number of carbonyl (C=O) groups is 1. The van der Waals surface area contributed by atoms with Gasteiger partial charge in [0.1, 0.15) is 0 Å². The van der Waals surface area contributed by atoms with Crippen LogP contribution in [0.25, 0.3) is 0 Å². The summed E-state index contributed by atoms with van der Waals surface area (Å²) >= 11 is 0.490. The molecule has 0 aromatic heterocycles. The van der Waals surface area contributed by atoms with E-state index >= 15 is 0 Å². The molecule has 3 rings (SSSR count). The normalized spacial score (nSPS) is 16.3. The number of hydrogen-bond donors (Lipinski definition) is 1. The topological polar surface area (TPSA) is 32.3 Å². The van der Waals surface area contributed by atoms with Crippen molar-refractivity contribution in [2.45, 2.75) is 30.0 Å². The Morgan fingerprint density at radius 1 is 1.25 bits per heavy atom. The molecule has 1 aliphatic heterocycles. The molecule has 0 radical (unpaired) electrons. The lowest BCUT2D eigenvalue weighted by Gasteiger charge is -2.24. The van der Waals surface area contributed by atoms with Gasteiger partial charge in [0.25, 0.3) is 5.76 Å². The zero-order valence-corrected chi connectivity index (χ0v) is 14.0. The number of anilines is 2. The van der Waals surface area contributed by atoms with Gasteiger partial charge in [-0.25, -0.2) is 0 Å². The van der Waals surface area contributed by atoms with Crippen molar-refractivity contribution >= 4 is 29.0 Å². The molecule has 126 valence electrons. The predicted octanol–water partition coefficient (Wildman–Crippen LogP) is 4.39. The number of nitrogens with one attached hydrogen (secondary N) is 1. The van der Waals surface area contributed by atoms with Crippen molar-refractivity contribution < 1.29 is 13.6 Å². The van der Waals surface area contributed by atoms with Crippen LogP contribution in [0.3, 0.4) is 0 Å². The van der Waals surface area contributed by atoms with Crippen molar-refractivity contribution in [1.82, 2.24) is 0 Å². The second-order valence-electron chi connectivity index (χ2n) is 5.76. The molecule has 2 aromatic rings. The van der Waals surface area contributed by atoms with Gasteiger partial charge in [0.2, 0.25) is 5.91 Å². The lowest BCUT2D eigenvalue weighted by atomic mass is 10.1. The van der Waals surface area contributed by atoms with Gasteiger partial charge >= 0.3 is 0 Å². The highest BCUT2D eigenvalue weighted by atomic mass is 32.2. The molecule has 1 amide bonds. The highest BCUT2D eigenvalue weighted by Crippen LogP contribution is 2.31. The Morgan fingerprint density at radius 2 is 1.96 bits per heavy atom. The van der Waals surface area contributed by atoms with Crippen molar-refractivity contribution in [2.75, 3.05) is 16.8 Å². The SMILES string of the molecule is CC1Cc2ccccc2N1CC(=O)Nc1ccc(SC(F)F)cc1. The number of benzene rings is 2. The maximum atomic E-state index is 12.3. The number of rotatable bonds is 5. The summed E-state index contributed by atoms with van der Waals surface area (Å²) in [5.41, 5.74) is 2.97. The molecule has 0 saturated carbocycles. The fourth-order valence-electron chi connectivity index (χ4n) is 2.95. The summed E-state index contributed by atoms with van der Waals surface area (Å²) in [6, 6.07) is 14.8. The predicted molar refractivity (Wildman–Crippen MR) is 93.9 cm³/mol. The third kappa shape index (κ3) is 3.87. The maximum Gasteiger partial charge on any atom is 0.288 e. The Bertz CT molecular complexity index is 721. The number of halogens is 2. The van der Waals surface area contributed by atoms with Gasteiger partial charge < -0.3 is 10.2 Å². The molecular weight excluding hydrogens is 330 g/mol. The van der Waals surface area contributed by atoms with Crippen molar-refractivity contribution in [3.8, 4) is 0 Å². The smallest absolute Gasteiger partial charge is 0.288 e. The number of thioether (sulfide) groups is 1. The van der Waals surface area contributed by atoms with Crippen LogP contribution in [0.4, 0.5) is 20.2 Å². The summed E-state index contributed by atoms with van der Waals surface area (Å²) < 4.78 is 24.6. The maximum absolute atomic E-state index is 12.3. The molecule has 1 unspecified atom stereocenters. The van der Waals surface area contributed by atoms with Gasteiger partial charge in [-0.05, 0) is 49.2 Å². The molecule has 1 aliphatic rings. The monoisotopic (exact) mass is 348 g/mol. The van der Waals surface area contributed by atoms with Crippen LogP contribution in [0.2, 0.25) is 0 Å². The average molecular weight is 348 g/mol. The van der Waals surface area contributed by atoms with Crippen molar-refractivity contribution in [1.29, 1.82) is 0 Å². The summed E-state index contributed by atoms with van der Waals surface area (Å²) in [5, 5.41) is 2.82. The van der Waals surface area contributed by atoms with Crippen LogP contribution in [0, 0.1) is 0 Å². The molecular formula is C18H18F2N2OS. The van der Waals surface area contributed by atoms with Gasteiger partial charge in [0.05, 0.1) is 6.54 Å². The second kappa shape index (κ2) is 7.21. The van der Waals surface area contributed by atoms with Crippen LogP contribution in [-0.4, -0.2) is 24.3 Å². The lowest BCUT2D eigenvalue weighted by Crippen LogP contribution is -2.37. The summed E-state index contributed by atoms with van der Waals surface area (Å²) in [7, 11) is 0. The molecule has 24 heavy (non-hydrogen) atoms. The first kappa shape index (κ1) is 16.8. The fourth-order valence-corrected chi connectivity index (χ4v) is 3.44. The van der Waals surface area contributed by atoms with Gasteiger partial charge in [-0.3, -0.25) is 4.79 Å². The van der Waals surface area contributed by atoms with Gasteiger partial charge in [0.15, 0.2) is 0 Å². The first-order valence-electron chi connectivity index (χ1n) is 7.72. The molecule has 1 atom stereocenters. The number of carbonyl (C=O) groups excluding carboxylic acids is 1. The summed E-state index contributed by atoms with van der Waals surface area (Å²) in [4.78, 5) is 14.9. The Labute approximate surface area is 144 Å². The van der Waals surface area contributed by atoms with Crippen LogP contribution in [0.1, 0.15) is 12.5 Å². The second-order valence-corrected chi connectivity index (χ2v) is 6.82. The van der Waals surface area contributed by atoms with Crippen molar-refractivity contribution in [3.05, 3.63) is 54.1 Å². The zero-order valence-electron chi connectivity index (χ0n) is 13.2. The fraction of sp³-hybridized carbons (Fsp3) is 0.278. The van der Waals surface area contributed by atoms with Gasteiger partial charge in [0, 0.05) is 22.3 Å². The standard InChI is InChI=1S/C18H18F2N2OS/c1-12-10-13-4-2-3-5-16(13)22(12)11-17(23)21-14-6-8-15(9-7-14)24-18(19)20/h2-9,12,18H,10-11H2,1H3,(H,21,23). The minimum absolute atomic E-state index is 0.118. The van der Waals surface area contributed by atoms with E-state index in [1.54, 1.807) is 24.3 Å². The van der Waals surface area contributed by atoms with Crippen molar-refractivity contribution in [2.24, 2.45) is 0 Å². The van der Waals surface area contributed by atoms with Gasteiger partial charge in [-0.1, -0.05) is 30.0 Å². The molecule has 6 heteroatoms. The Balaban J connectivity index is 1.62. The number of fused-ring (bicyclic) bond motifs is 1.